The lowest BCUT2D eigenvalue weighted by atomic mass is 9.94. The van der Waals surface area contributed by atoms with Crippen LogP contribution in [-0.4, -0.2) is 55.1 Å². The Hall–Kier alpha value is -5.25. The number of rotatable bonds is 13. The van der Waals surface area contributed by atoms with Gasteiger partial charge in [0.1, 0.15) is 23.1 Å². The number of halogens is 2. The molecule has 0 fully saturated rings. The van der Waals surface area contributed by atoms with Crippen LogP contribution in [0, 0.1) is 11.6 Å². The van der Waals surface area contributed by atoms with Gasteiger partial charge in [0.05, 0.1) is 20.6 Å². The predicted octanol–water partition coefficient (Wildman–Crippen LogP) is 5.74. The van der Waals surface area contributed by atoms with Gasteiger partial charge < -0.3 is 24.8 Å². The van der Waals surface area contributed by atoms with E-state index in [0.717, 1.165) is 23.8 Å². The smallest absolute Gasteiger partial charge is 0.305 e. The molecule has 8 nitrogen and oxygen atoms in total. The number of amides is 2. The molecule has 0 saturated heterocycles. The van der Waals surface area contributed by atoms with Gasteiger partial charge in [0.25, 0.3) is 11.8 Å². The maximum Gasteiger partial charge on any atom is 0.305 e. The first-order chi connectivity index (χ1) is 21.2. The van der Waals surface area contributed by atoms with Crippen LogP contribution in [0.25, 0.3) is 11.1 Å². The first-order valence-electron chi connectivity index (χ1n) is 13.8. The number of hydrogen-bond donors (Lipinski definition) is 2. The van der Waals surface area contributed by atoms with Crippen molar-refractivity contribution in [1.29, 1.82) is 0 Å². The highest BCUT2D eigenvalue weighted by atomic mass is 19.1. The number of carbonyl (C=O) groups is 3. The van der Waals surface area contributed by atoms with Crippen LogP contribution in [0.1, 0.15) is 38.3 Å². The quantitative estimate of drug-likeness (QED) is 0.202. The van der Waals surface area contributed by atoms with Gasteiger partial charge in [0.15, 0.2) is 0 Å². The van der Waals surface area contributed by atoms with Crippen LogP contribution in [0.4, 0.5) is 8.78 Å². The van der Waals surface area contributed by atoms with Crippen molar-refractivity contribution < 1.29 is 37.7 Å². The van der Waals surface area contributed by atoms with Gasteiger partial charge in [-0.15, -0.1) is 0 Å². The van der Waals surface area contributed by atoms with Gasteiger partial charge >= 0.3 is 5.97 Å². The second-order valence-electron chi connectivity index (χ2n) is 9.96. The average molecular weight is 603 g/mol. The third-order valence-electron chi connectivity index (χ3n) is 6.96. The summed E-state index contributed by atoms with van der Waals surface area (Å²) < 4.78 is 38.0. The van der Waals surface area contributed by atoms with Crippen molar-refractivity contribution in [2.75, 3.05) is 27.3 Å². The minimum Gasteiger partial charge on any atom is -0.497 e. The molecule has 4 rings (SSSR count). The molecule has 0 atom stereocenters. The molecule has 2 amide bonds. The van der Waals surface area contributed by atoms with E-state index in [0.29, 0.717) is 29.0 Å². The molecule has 0 aliphatic carbocycles. The molecule has 4 aromatic rings. The summed E-state index contributed by atoms with van der Waals surface area (Å²) in [4.78, 5) is 40.2. The van der Waals surface area contributed by atoms with Crippen molar-refractivity contribution in [3.8, 4) is 22.6 Å². The van der Waals surface area contributed by atoms with E-state index in [1.165, 1.54) is 19.1 Å². The Morgan fingerprint density at radius 2 is 1.32 bits per heavy atom. The summed E-state index contributed by atoms with van der Waals surface area (Å²) in [5.41, 5.74) is 2.58. The highest BCUT2D eigenvalue weighted by Gasteiger charge is 2.23. The Bertz CT molecular complexity index is 1620. The summed E-state index contributed by atoms with van der Waals surface area (Å²) >= 11 is 0. The highest BCUT2D eigenvalue weighted by Crippen LogP contribution is 2.29. The van der Waals surface area contributed by atoms with Gasteiger partial charge in [-0.25, -0.2) is 8.78 Å². The molecule has 10 heteroatoms. The summed E-state index contributed by atoms with van der Waals surface area (Å²) in [5, 5.41) is 12.1. The van der Waals surface area contributed by atoms with Crippen molar-refractivity contribution in [2.24, 2.45) is 0 Å². The Morgan fingerprint density at radius 3 is 1.91 bits per heavy atom. The topological polar surface area (TPSA) is 105 Å². The molecule has 4 aromatic carbocycles. The summed E-state index contributed by atoms with van der Waals surface area (Å²) in [6.45, 7) is 0.0689. The summed E-state index contributed by atoms with van der Waals surface area (Å²) in [5.74, 6) is -2.26. The summed E-state index contributed by atoms with van der Waals surface area (Å²) in [6, 6.07) is 21.9. The first kappa shape index (κ1) is 31.7. The molecule has 0 aliphatic heterocycles. The number of nitrogens with zero attached hydrogens (tertiary/aromatic N) is 1. The highest BCUT2D eigenvalue weighted by molar-refractivity contribution is 6.06. The Morgan fingerprint density at radius 1 is 0.750 bits per heavy atom. The SMILES string of the molecule is COc1cc(CCN(CCC(=O)O)C(=O)c2ccccc2-c2ccccc2C(=O)NCc2cc(F)cc(F)c2)cc(OC)c1. The van der Waals surface area contributed by atoms with Crippen LogP contribution in [0.3, 0.4) is 0 Å². The van der Waals surface area contributed by atoms with E-state index in [4.69, 9.17) is 9.47 Å². The maximum absolute atomic E-state index is 14.0. The lowest BCUT2D eigenvalue weighted by Crippen LogP contribution is -2.35. The third kappa shape index (κ3) is 8.19. The minimum atomic E-state index is -1.04. The molecular formula is C34H32F2N2O6. The average Bonchev–Trinajstić information content (AvgIpc) is 3.02. The van der Waals surface area contributed by atoms with E-state index in [9.17, 15) is 28.3 Å². The van der Waals surface area contributed by atoms with Crippen LogP contribution in [0.15, 0.2) is 84.9 Å². The number of nitrogens with one attached hydrogen (secondary N) is 1. The number of carbonyl (C=O) groups excluding carboxylic acids is 2. The molecule has 0 saturated carbocycles. The van der Waals surface area contributed by atoms with Crippen LogP contribution < -0.4 is 14.8 Å². The standard InChI is InChI=1S/C34H32F2N2O6/c1-43-26-17-22(18-27(20-26)44-2)11-13-38(14-12-32(39)40)34(42)31-10-6-4-8-29(31)28-7-3-5-9-30(28)33(41)37-21-23-15-24(35)19-25(36)16-23/h3-10,15-20H,11-14,21H2,1-2H3,(H,37,41)(H,39,40). The van der Waals surface area contributed by atoms with Crippen molar-refractivity contribution in [3.05, 3.63) is 119 Å². The number of carboxylic acids is 1. The van der Waals surface area contributed by atoms with E-state index < -0.39 is 29.4 Å². The fraction of sp³-hybridized carbons (Fsp3) is 0.206. The van der Waals surface area contributed by atoms with E-state index in [2.05, 4.69) is 5.32 Å². The van der Waals surface area contributed by atoms with Crippen molar-refractivity contribution in [2.45, 2.75) is 19.4 Å². The van der Waals surface area contributed by atoms with Crippen LogP contribution >= 0.6 is 0 Å². The number of carboxylic acid groups (broad SMARTS) is 1. The van der Waals surface area contributed by atoms with Gasteiger partial charge in [0.2, 0.25) is 0 Å². The monoisotopic (exact) mass is 602 g/mol. The zero-order valence-electron chi connectivity index (χ0n) is 24.3. The molecule has 0 heterocycles. The van der Waals surface area contributed by atoms with Gasteiger partial charge in [-0.1, -0.05) is 36.4 Å². The number of hydrogen-bond acceptors (Lipinski definition) is 5. The number of ether oxygens (including phenoxy) is 2. The number of methoxy groups -OCH3 is 2. The molecule has 0 radical (unpaired) electrons. The Balaban J connectivity index is 1.61. The zero-order valence-corrected chi connectivity index (χ0v) is 24.3. The third-order valence-corrected chi connectivity index (χ3v) is 6.96. The van der Waals surface area contributed by atoms with Gasteiger partial charge in [-0.05, 0) is 65.1 Å². The predicted molar refractivity (Wildman–Crippen MR) is 161 cm³/mol. The van der Waals surface area contributed by atoms with Crippen LogP contribution in [0.2, 0.25) is 0 Å². The van der Waals surface area contributed by atoms with E-state index >= 15 is 0 Å². The zero-order chi connectivity index (χ0) is 31.6. The largest absolute Gasteiger partial charge is 0.497 e. The van der Waals surface area contributed by atoms with Crippen molar-refractivity contribution in [1.82, 2.24) is 10.2 Å². The lowest BCUT2D eigenvalue weighted by molar-refractivity contribution is -0.137. The minimum absolute atomic E-state index is 0.0318. The van der Waals surface area contributed by atoms with Gasteiger partial charge in [-0.2, -0.15) is 0 Å². The Kier molecular flexibility index (Phi) is 10.6. The van der Waals surface area contributed by atoms with Crippen molar-refractivity contribution in [3.63, 3.8) is 0 Å². The fourth-order valence-corrected chi connectivity index (χ4v) is 4.80. The second-order valence-corrected chi connectivity index (χ2v) is 9.96. The summed E-state index contributed by atoms with van der Waals surface area (Å²) in [6.07, 6.45) is 0.149. The van der Waals surface area contributed by atoms with E-state index in [1.807, 2.05) is 12.1 Å². The van der Waals surface area contributed by atoms with E-state index in [1.54, 1.807) is 54.6 Å². The molecule has 0 aliphatic rings. The van der Waals surface area contributed by atoms with E-state index in [-0.39, 0.29) is 42.7 Å². The van der Waals surface area contributed by atoms with Crippen LogP contribution in [-0.2, 0) is 17.8 Å². The molecule has 228 valence electrons. The summed E-state index contributed by atoms with van der Waals surface area (Å²) in [7, 11) is 3.08. The molecular weight excluding hydrogens is 570 g/mol. The molecule has 0 bridgehead atoms. The van der Waals surface area contributed by atoms with Gasteiger partial charge in [0, 0.05) is 42.9 Å². The first-order valence-corrected chi connectivity index (χ1v) is 13.8. The normalized spacial score (nSPS) is 10.6. The molecule has 44 heavy (non-hydrogen) atoms. The van der Waals surface area contributed by atoms with Crippen molar-refractivity contribution >= 4 is 17.8 Å². The number of benzene rings is 4. The fourth-order valence-electron chi connectivity index (χ4n) is 4.80. The molecule has 0 spiro atoms. The molecule has 0 unspecified atom stereocenters. The Labute approximate surface area is 253 Å². The van der Waals surface area contributed by atoms with Crippen LogP contribution in [0.5, 0.6) is 11.5 Å². The second kappa shape index (κ2) is 14.8. The molecule has 0 aromatic heterocycles. The number of aliphatic carboxylic acids is 1. The molecule has 2 N–H and O–H groups in total. The maximum atomic E-state index is 14.0. The van der Waals surface area contributed by atoms with Gasteiger partial charge in [-0.3, -0.25) is 14.4 Å². The lowest BCUT2D eigenvalue weighted by Gasteiger charge is -2.24.